The molecule has 0 aliphatic heterocycles. The third-order valence-electron chi connectivity index (χ3n) is 4.45. The number of aryl methyl sites for hydroxylation is 2. The second-order valence-corrected chi connectivity index (χ2v) is 7.44. The van der Waals surface area contributed by atoms with Crippen LogP contribution in [0.5, 0.6) is 0 Å². The third kappa shape index (κ3) is 3.46. The van der Waals surface area contributed by atoms with E-state index in [0.29, 0.717) is 34.2 Å². The first-order chi connectivity index (χ1) is 14.0. The third-order valence-corrected chi connectivity index (χ3v) is 5.46. The molecule has 1 aromatic carbocycles. The number of hydrogen-bond donors (Lipinski definition) is 0. The molecule has 3 aromatic heterocycles. The van der Waals surface area contributed by atoms with Gasteiger partial charge in [-0.15, -0.1) is 5.10 Å². The summed E-state index contributed by atoms with van der Waals surface area (Å²) >= 11 is 1.36. The molecule has 29 heavy (non-hydrogen) atoms. The van der Waals surface area contributed by atoms with E-state index in [4.69, 9.17) is 0 Å². The Kier molecular flexibility index (Phi) is 5.01. The average molecular weight is 416 g/mol. The van der Waals surface area contributed by atoms with Crippen LogP contribution in [0.1, 0.15) is 6.42 Å². The fraction of sp³-hybridized carbons (Fsp3) is 0.294. The number of thioether (sulfide) groups is 1. The standard InChI is InChI=1S/C17H17FN8O2S/c1-23-10-19-14-13(23)15(27)25(17(28)24(14)2)7-4-8-29-16-20-21-22-26(16)12-6-3-5-11(18)9-12/h3,5-6,9-10H,4,7-8H2,1-2H3. The van der Waals surface area contributed by atoms with Gasteiger partial charge in [-0.3, -0.25) is 13.9 Å². The Morgan fingerprint density at radius 2 is 2.03 bits per heavy atom. The minimum atomic E-state index is -0.407. The zero-order chi connectivity index (χ0) is 20.5. The Labute approximate surface area is 167 Å². The molecular formula is C17H17FN8O2S. The number of tetrazole rings is 1. The van der Waals surface area contributed by atoms with Gasteiger partial charge in [-0.2, -0.15) is 4.68 Å². The van der Waals surface area contributed by atoms with E-state index >= 15 is 0 Å². The van der Waals surface area contributed by atoms with E-state index in [9.17, 15) is 14.0 Å². The topological polar surface area (TPSA) is 105 Å². The number of imidazole rings is 1. The summed E-state index contributed by atoms with van der Waals surface area (Å²) < 4.78 is 19.1. The Morgan fingerprint density at radius 1 is 1.21 bits per heavy atom. The Balaban J connectivity index is 1.49. The second kappa shape index (κ2) is 7.62. The molecule has 0 aliphatic carbocycles. The van der Waals surface area contributed by atoms with Crippen molar-refractivity contribution in [2.24, 2.45) is 14.1 Å². The summed E-state index contributed by atoms with van der Waals surface area (Å²) in [6, 6.07) is 5.97. The van der Waals surface area contributed by atoms with Crippen molar-refractivity contribution in [3.63, 3.8) is 0 Å². The van der Waals surface area contributed by atoms with Crippen LogP contribution in [0.3, 0.4) is 0 Å². The molecule has 0 aliphatic rings. The molecule has 0 saturated heterocycles. The maximum Gasteiger partial charge on any atom is 0.332 e. The minimum Gasteiger partial charge on any atom is -0.328 e. The van der Waals surface area contributed by atoms with Gasteiger partial charge in [0.05, 0.1) is 12.0 Å². The van der Waals surface area contributed by atoms with Crippen LogP contribution in [0.15, 0.2) is 45.3 Å². The summed E-state index contributed by atoms with van der Waals surface area (Å²) in [5, 5.41) is 12.0. The average Bonchev–Trinajstić information content (AvgIpc) is 3.32. The molecule has 0 saturated carbocycles. The van der Waals surface area contributed by atoms with Gasteiger partial charge in [-0.25, -0.2) is 14.2 Å². The Bertz CT molecular complexity index is 1300. The lowest BCUT2D eigenvalue weighted by Crippen LogP contribution is -2.39. The highest BCUT2D eigenvalue weighted by Crippen LogP contribution is 2.19. The van der Waals surface area contributed by atoms with Gasteiger partial charge in [0, 0.05) is 26.4 Å². The van der Waals surface area contributed by atoms with E-state index in [-0.39, 0.29) is 17.9 Å². The van der Waals surface area contributed by atoms with Crippen molar-refractivity contribution in [1.29, 1.82) is 0 Å². The van der Waals surface area contributed by atoms with Crippen LogP contribution in [0.2, 0.25) is 0 Å². The summed E-state index contributed by atoms with van der Waals surface area (Å²) in [6.07, 6.45) is 2.05. The maximum absolute atomic E-state index is 13.5. The molecule has 0 radical (unpaired) electrons. The van der Waals surface area contributed by atoms with Crippen LogP contribution in [0, 0.1) is 5.82 Å². The molecule has 0 bridgehead atoms. The fourth-order valence-corrected chi connectivity index (χ4v) is 3.83. The van der Waals surface area contributed by atoms with E-state index in [1.54, 1.807) is 30.8 Å². The quantitative estimate of drug-likeness (QED) is 0.337. The molecule has 0 fully saturated rings. The Morgan fingerprint density at radius 3 is 2.83 bits per heavy atom. The Hall–Kier alpha value is -3.28. The van der Waals surface area contributed by atoms with E-state index in [1.165, 1.54) is 44.0 Å². The smallest absolute Gasteiger partial charge is 0.328 e. The first-order valence-electron chi connectivity index (χ1n) is 8.75. The summed E-state index contributed by atoms with van der Waals surface area (Å²) in [4.78, 5) is 29.3. The first kappa shape index (κ1) is 19.1. The molecular weight excluding hydrogens is 399 g/mol. The van der Waals surface area contributed by atoms with Crippen molar-refractivity contribution in [2.75, 3.05) is 5.75 Å². The number of fused-ring (bicyclic) bond motifs is 1. The number of halogens is 1. The van der Waals surface area contributed by atoms with Gasteiger partial charge in [-0.05, 0) is 35.0 Å². The van der Waals surface area contributed by atoms with Gasteiger partial charge < -0.3 is 4.57 Å². The van der Waals surface area contributed by atoms with E-state index in [2.05, 4.69) is 20.5 Å². The van der Waals surface area contributed by atoms with Crippen LogP contribution < -0.4 is 11.2 Å². The largest absolute Gasteiger partial charge is 0.332 e. The predicted molar refractivity (Wildman–Crippen MR) is 105 cm³/mol. The normalized spacial score (nSPS) is 11.4. The van der Waals surface area contributed by atoms with Gasteiger partial charge in [0.25, 0.3) is 5.56 Å². The zero-order valence-corrected chi connectivity index (χ0v) is 16.5. The molecule has 12 heteroatoms. The van der Waals surface area contributed by atoms with Crippen LogP contribution in [-0.4, -0.2) is 44.6 Å². The number of nitrogens with zero attached hydrogens (tertiary/aromatic N) is 8. The SMILES string of the molecule is Cn1cnc2c1c(=O)n(CCCSc1nnnn1-c1cccc(F)c1)c(=O)n2C. The highest BCUT2D eigenvalue weighted by molar-refractivity contribution is 7.99. The number of aromatic nitrogens is 8. The van der Waals surface area contributed by atoms with Crippen molar-refractivity contribution in [3.05, 3.63) is 57.2 Å². The van der Waals surface area contributed by atoms with Gasteiger partial charge in [0.1, 0.15) is 5.82 Å². The monoisotopic (exact) mass is 416 g/mol. The van der Waals surface area contributed by atoms with Crippen molar-refractivity contribution in [2.45, 2.75) is 18.1 Å². The zero-order valence-electron chi connectivity index (χ0n) is 15.7. The lowest BCUT2D eigenvalue weighted by atomic mass is 10.3. The van der Waals surface area contributed by atoms with Crippen LogP contribution in [0.25, 0.3) is 16.9 Å². The van der Waals surface area contributed by atoms with E-state index < -0.39 is 5.69 Å². The second-order valence-electron chi connectivity index (χ2n) is 6.38. The summed E-state index contributed by atoms with van der Waals surface area (Å²) in [5.74, 6) is 0.184. The van der Waals surface area contributed by atoms with Crippen LogP contribution in [-0.2, 0) is 20.6 Å². The minimum absolute atomic E-state index is 0.251. The van der Waals surface area contributed by atoms with Gasteiger partial charge >= 0.3 is 5.69 Å². The highest BCUT2D eigenvalue weighted by atomic mass is 32.2. The van der Waals surface area contributed by atoms with E-state index in [0.717, 1.165) is 0 Å². The molecule has 0 amide bonds. The molecule has 4 aromatic rings. The predicted octanol–water partition coefficient (Wildman–Crippen LogP) is 0.731. The fourth-order valence-electron chi connectivity index (χ4n) is 3.02. The van der Waals surface area contributed by atoms with Crippen LogP contribution >= 0.6 is 11.8 Å². The maximum atomic E-state index is 13.5. The first-order valence-corrected chi connectivity index (χ1v) is 9.74. The number of hydrogen-bond acceptors (Lipinski definition) is 7. The van der Waals surface area contributed by atoms with Crippen molar-refractivity contribution in [3.8, 4) is 5.69 Å². The van der Waals surface area contributed by atoms with Crippen molar-refractivity contribution in [1.82, 2.24) is 38.9 Å². The number of benzene rings is 1. The summed E-state index contributed by atoms with van der Waals surface area (Å²) in [7, 11) is 3.31. The highest BCUT2D eigenvalue weighted by Gasteiger charge is 2.15. The van der Waals surface area contributed by atoms with E-state index in [1.807, 2.05) is 0 Å². The summed E-state index contributed by atoms with van der Waals surface area (Å²) in [5.41, 5.74) is 0.495. The summed E-state index contributed by atoms with van der Waals surface area (Å²) in [6.45, 7) is 0.251. The lowest BCUT2D eigenvalue weighted by molar-refractivity contribution is 0.594. The van der Waals surface area contributed by atoms with Gasteiger partial charge in [0.2, 0.25) is 5.16 Å². The molecule has 0 atom stereocenters. The van der Waals surface area contributed by atoms with Crippen molar-refractivity contribution >= 4 is 22.9 Å². The lowest BCUT2D eigenvalue weighted by Gasteiger charge is -2.08. The molecule has 4 rings (SSSR count). The van der Waals surface area contributed by atoms with Gasteiger partial charge in [0.15, 0.2) is 11.2 Å². The molecule has 0 unspecified atom stereocenters. The van der Waals surface area contributed by atoms with Crippen molar-refractivity contribution < 1.29 is 4.39 Å². The molecule has 0 N–H and O–H groups in total. The molecule has 10 nitrogen and oxygen atoms in total. The molecule has 0 spiro atoms. The van der Waals surface area contributed by atoms with Crippen LogP contribution in [0.4, 0.5) is 4.39 Å². The number of rotatable bonds is 6. The van der Waals surface area contributed by atoms with Gasteiger partial charge in [-0.1, -0.05) is 17.8 Å². The molecule has 150 valence electrons. The molecule has 3 heterocycles.